The minimum atomic E-state index is -3.57. The lowest BCUT2D eigenvalue weighted by Gasteiger charge is -2.21. The van der Waals surface area contributed by atoms with Gasteiger partial charge in [0.05, 0.1) is 10.9 Å². The molecule has 0 aliphatic rings. The average Bonchev–Trinajstić information content (AvgIpc) is 2.78. The van der Waals surface area contributed by atoms with Crippen molar-refractivity contribution in [2.24, 2.45) is 0 Å². The molecule has 6 heteroatoms. The summed E-state index contributed by atoms with van der Waals surface area (Å²) in [6.07, 6.45) is 0. The highest BCUT2D eigenvalue weighted by atomic mass is 32.2. The molecule has 0 aliphatic heterocycles. The predicted octanol–water partition coefficient (Wildman–Crippen LogP) is 4.70. The molecule has 0 saturated heterocycles. The topological polar surface area (TPSA) is 66.5 Å². The van der Waals surface area contributed by atoms with Crippen molar-refractivity contribution < 1.29 is 13.2 Å². The Morgan fingerprint density at radius 3 is 2.16 bits per heavy atom. The van der Waals surface area contributed by atoms with Crippen LogP contribution in [-0.2, 0) is 16.6 Å². The Labute approximate surface area is 184 Å². The van der Waals surface area contributed by atoms with Gasteiger partial charge in [0.15, 0.2) is 0 Å². The maximum atomic E-state index is 12.9. The van der Waals surface area contributed by atoms with Crippen LogP contribution in [0.1, 0.15) is 46.9 Å². The van der Waals surface area contributed by atoms with Gasteiger partial charge in [0, 0.05) is 18.7 Å². The molecule has 0 fully saturated rings. The molecule has 3 aromatic carbocycles. The molecule has 1 atom stereocenters. The molecule has 0 spiro atoms. The molecule has 31 heavy (non-hydrogen) atoms. The van der Waals surface area contributed by atoms with Gasteiger partial charge in [-0.3, -0.25) is 4.79 Å². The molecule has 162 valence electrons. The predicted molar refractivity (Wildman–Crippen MR) is 123 cm³/mol. The molecular weight excluding hydrogens is 408 g/mol. The van der Waals surface area contributed by atoms with E-state index < -0.39 is 10.0 Å². The second kappa shape index (κ2) is 9.90. The first-order valence-electron chi connectivity index (χ1n) is 10.3. The fourth-order valence-electron chi connectivity index (χ4n) is 3.50. The van der Waals surface area contributed by atoms with Crippen molar-refractivity contribution in [3.8, 4) is 0 Å². The van der Waals surface area contributed by atoms with Gasteiger partial charge < -0.3 is 5.32 Å². The Morgan fingerprint density at radius 2 is 1.55 bits per heavy atom. The average molecular weight is 437 g/mol. The van der Waals surface area contributed by atoms with Crippen molar-refractivity contribution in [1.29, 1.82) is 0 Å². The van der Waals surface area contributed by atoms with Crippen LogP contribution in [0.25, 0.3) is 0 Å². The van der Waals surface area contributed by atoms with Gasteiger partial charge >= 0.3 is 0 Å². The standard InChI is InChI=1S/C25H28N2O3S/c1-4-27(31(29,30)23-11-6-5-7-12-23)18-21-14-16-22(17-15-21)25(28)26-20(3)24-13-9-8-10-19(24)2/h5-17,20H,4,18H2,1-3H3,(H,26,28)/t20-/m0/s1. The number of carbonyl (C=O) groups is 1. The van der Waals surface area contributed by atoms with E-state index >= 15 is 0 Å². The van der Waals surface area contributed by atoms with E-state index in [0.717, 1.165) is 16.7 Å². The number of hydrogen-bond acceptors (Lipinski definition) is 3. The first kappa shape index (κ1) is 22.7. The van der Waals surface area contributed by atoms with Gasteiger partial charge in [0.1, 0.15) is 0 Å². The minimum Gasteiger partial charge on any atom is -0.346 e. The van der Waals surface area contributed by atoms with E-state index in [2.05, 4.69) is 5.32 Å². The molecule has 1 amide bonds. The van der Waals surface area contributed by atoms with Gasteiger partial charge in [0.25, 0.3) is 5.91 Å². The second-order valence-corrected chi connectivity index (χ2v) is 9.43. The number of nitrogens with zero attached hydrogens (tertiary/aromatic N) is 1. The fourth-order valence-corrected chi connectivity index (χ4v) is 4.96. The Balaban J connectivity index is 1.69. The Hall–Kier alpha value is -2.96. The van der Waals surface area contributed by atoms with E-state index in [0.29, 0.717) is 12.1 Å². The van der Waals surface area contributed by atoms with Gasteiger partial charge in [-0.2, -0.15) is 4.31 Å². The quantitative estimate of drug-likeness (QED) is 0.557. The third-order valence-corrected chi connectivity index (χ3v) is 7.25. The zero-order chi connectivity index (χ0) is 22.4. The minimum absolute atomic E-state index is 0.111. The first-order chi connectivity index (χ1) is 14.8. The van der Waals surface area contributed by atoms with Crippen molar-refractivity contribution in [3.05, 3.63) is 101 Å². The molecule has 0 heterocycles. The van der Waals surface area contributed by atoms with Gasteiger partial charge in [-0.25, -0.2) is 8.42 Å². The first-order valence-corrected chi connectivity index (χ1v) is 11.8. The third kappa shape index (κ3) is 5.40. The zero-order valence-corrected chi connectivity index (χ0v) is 18.9. The summed E-state index contributed by atoms with van der Waals surface area (Å²) in [6, 6.07) is 23.3. The van der Waals surface area contributed by atoms with Crippen LogP contribution in [0.2, 0.25) is 0 Å². The number of sulfonamides is 1. The van der Waals surface area contributed by atoms with Crippen molar-refractivity contribution >= 4 is 15.9 Å². The maximum Gasteiger partial charge on any atom is 0.251 e. The van der Waals surface area contributed by atoms with Gasteiger partial charge in [-0.15, -0.1) is 0 Å². The molecule has 0 aromatic heterocycles. The number of aryl methyl sites for hydroxylation is 1. The summed E-state index contributed by atoms with van der Waals surface area (Å²) >= 11 is 0. The summed E-state index contributed by atoms with van der Waals surface area (Å²) in [5.74, 6) is -0.161. The molecule has 3 rings (SSSR count). The van der Waals surface area contributed by atoms with Crippen molar-refractivity contribution in [2.45, 2.75) is 38.3 Å². The van der Waals surface area contributed by atoms with E-state index in [1.54, 1.807) is 54.6 Å². The zero-order valence-electron chi connectivity index (χ0n) is 18.1. The molecule has 0 saturated carbocycles. The van der Waals surface area contributed by atoms with Gasteiger partial charge in [-0.05, 0) is 54.8 Å². The lowest BCUT2D eigenvalue weighted by atomic mass is 10.0. The van der Waals surface area contributed by atoms with E-state index in [9.17, 15) is 13.2 Å². The monoisotopic (exact) mass is 436 g/mol. The second-order valence-electron chi connectivity index (χ2n) is 7.49. The lowest BCUT2D eigenvalue weighted by molar-refractivity contribution is 0.0940. The Bertz CT molecular complexity index is 1130. The van der Waals surface area contributed by atoms with E-state index in [1.165, 1.54) is 4.31 Å². The lowest BCUT2D eigenvalue weighted by Crippen LogP contribution is -2.30. The number of rotatable bonds is 8. The van der Waals surface area contributed by atoms with E-state index in [-0.39, 0.29) is 23.4 Å². The highest BCUT2D eigenvalue weighted by Crippen LogP contribution is 2.19. The number of hydrogen-bond donors (Lipinski definition) is 1. The Morgan fingerprint density at radius 1 is 0.935 bits per heavy atom. The highest BCUT2D eigenvalue weighted by molar-refractivity contribution is 7.89. The smallest absolute Gasteiger partial charge is 0.251 e. The van der Waals surface area contributed by atoms with Crippen LogP contribution in [-0.4, -0.2) is 25.2 Å². The van der Waals surface area contributed by atoms with Crippen LogP contribution in [0.15, 0.2) is 83.8 Å². The van der Waals surface area contributed by atoms with E-state index in [1.807, 2.05) is 45.0 Å². The summed E-state index contributed by atoms with van der Waals surface area (Å²) < 4.78 is 27.2. The summed E-state index contributed by atoms with van der Waals surface area (Å²) in [4.78, 5) is 12.9. The molecule has 5 nitrogen and oxygen atoms in total. The van der Waals surface area contributed by atoms with Crippen LogP contribution >= 0.6 is 0 Å². The van der Waals surface area contributed by atoms with Crippen molar-refractivity contribution in [1.82, 2.24) is 9.62 Å². The third-order valence-electron chi connectivity index (χ3n) is 5.31. The Kier molecular flexibility index (Phi) is 7.25. The summed E-state index contributed by atoms with van der Waals surface area (Å²) in [5.41, 5.74) is 3.57. The SMILES string of the molecule is CCN(Cc1ccc(C(=O)N[C@@H](C)c2ccccc2C)cc1)S(=O)(=O)c1ccccc1. The number of carbonyl (C=O) groups excluding carboxylic acids is 1. The number of amides is 1. The number of nitrogens with one attached hydrogen (secondary N) is 1. The molecular formula is C25H28N2O3S. The molecule has 0 bridgehead atoms. The number of benzene rings is 3. The van der Waals surface area contributed by atoms with Gasteiger partial charge in [0.2, 0.25) is 10.0 Å². The molecule has 0 radical (unpaired) electrons. The molecule has 1 N–H and O–H groups in total. The maximum absolute atomic E-state index is 12.9. The summed E-state index contributed by atoms with van der Waals surface area (Å²) in [7, 11) is -3.57. The highest BCUT2D eigenvalue weighted by Gasteiger charge is 2.23. The largest absolute Gasteiger partial charge is 0.346 e. The van der Waals surface area contributed by atoms with E-state index in [4.69, 9.17) is 0 Å². The van der Waals surface area contributed by atoms with Crippen LogP contribution in [0.5, 0.6) is 0 Å². The van der Waals surface area contributed by atoms with Crippen LogP contribution in [0, 0.1) is 6.92 Å². The van der Waals surface area contributed by atoms with Crippen LogP contribution in [0.3, 0.4) is 0 Å². The van der Waals surface area contributed by atoms with Crippen LogP contribution in [0.4, 0.5) is 0 Å². The van der Waals surface area contributed by atoms with Crippen molar-refractivity contribution in [3.63, 3.8) is 0 Å². The summed E-state index contributed by atoms with van der Waals surface area (Å²) in [6.45, 7) is 6.40. The van der Waals surface area contributed by atoms with Crippen molar-refractivity contribution in [2.75, 3.05) is 6.54 Å². The summed E-state index contributed by atoms with van der Waals surface area (Å²) in [5, 5.41) is 3.03. The molecule has 0 aliphatic carbocycles. The normalized spacial score (nSPS) is 12.5. The molecule has 3 aromatic rings. The molecule has 0 unspecified atom stereocenters. The van der Waals surface area contributed by atoms with Crippen LogP contribution < -0.4 is 5.32 Å². The van der Waals surface area contributed by atoms with Gasteiger partial charge in [-0.1, -0.05) is 61.5 Å². The fraction of sp³-hybridized carbons (Fsp3) is 0.240.